The van der Waals surface area contributed by atoms with E-state index < -0.39 is 0 Å². The fourth-order valence-electron chi connectivity index (χ4n) is 1.62. The lowest BCUT2D eigenvalue weighted by molar-refractivity contribution is -0.598. The maximum atomic E-state index is 4.26. The third kappa shape index (κ3) is 1.49. The molecule has 0 unspecified atom stereocenters. The van der Waals surface area contributed by atoms with E-state index in [0.717, 1.165) is 21.3 Å². The van der Waals surface area contributed by atoms with E-state index in [4.69, 9.17) is 0 Å². The molecule has 0 atom stereocenters. The SMILES string of the molecule is Brc1ccc[n+](-c2n[nH]c3ncccc23)c1. The molecule has 0 saturated carbocycles. The third-order valence-corrected chi connectivity index (χ3v) is 2.79. The highest BCUT2D eigenvalue weighted by Crippen LogP contribution is 2.13. The monoisotopic (exact) mass is 275 g/mol. The molecule has 16 heavy (non-hydrogen) atoms. The van der Waals surface area contributed by atoms with Crippen LogP contribution in [0.5, 0.6) is 0 Å². The van der Waals surface area contributed by atoms with E-state index in [1.54, 1.807) is 6.20 Å². The zero-order valence-electron chi connectivity index (χ0n) is 8.26. The molecule has 78 valence electrons. The van der Waals surface area contributed by atoms with Gasteiger partial charge in [0.2, 0.25) is 0 Å². The van der Waals surface area contributed by atoms with Crippen molar-refractivity contribution in [2.24, 2.45) is 0 Å². The number of pyridine rings is 2. The van der Waals surface area contributed by atoms with E-state index in [1.165, 1.54) is 0 Å². The van der Waals surface area contributed by atoms with Crippen LogP contribution in [0.15, 0.2) is 47.3 Å². The van der Waals surface area contributed by atoms with Crippen molar-refractivity contribution < 1.29 is 4.57 Å². The van der Waals surface area contributed by atoms with Gasteiger partial charge in [0.05, 0.1) is 15.8 Å². The molecule has 0 aliphatic rings. The minimum absolute atomic E-state index is 0.796. The Morgan fingerprint density at radius 1 is 1.25 bits per heavy atom. The van der Waals surface area contributed by atoms with E-state index in [-0.39, 0.29) is 0 Å². The largest absolute Gasteiger partial charge is 0.363 e. The molecule has 0 fully saturated rings. The molecule has 1 N–H and O–H groups in total. The van der Waals surface area contributed by atoms with Gasteiger partial charge in [-0.25, -0.2) is 4.98 Å². The first-order valence-electron chi connectivity index (χ1n) is 4.81. The highest BCUT2D eigenvalue weighted by Gasteiger charge is 2.16. The van der Waals surface area contributed by atoms with Crippen LogP contribution in [0, 0.1) is 0 Å². The Labute approximate surface area is 100 Å². The summed E-state index contributed by atoms with van der Waals surface area (Å²) in [7, 11) is 0. The quantitative estimate of drug-likeness (QED) is 0.691. The van der Waals surface area contributed by atoms with Gasteiger partial charge in [0, 0.05) is 6.20 Å². The summed E-state index contributed by atoms with van der Waals surface area (Å²) in [5.74, 6) is 0.851. The number of halogens is 1. The van der Waals surface area contributed by atoms with Gasteiger partial charge < -0.3 is 0 Å². The van der Waals surface area contributed by atoms with E-state index in [9.17, 15) is 0 Å². The molecule has 0 bridgehead atoms. The summed E-state index contributed by atoms with van der Waals surface area (Å²) in [4.78, 5) is 4.21. The van der Waals surface area contributed by atoms with E-state index in [2.05, 4.69) is 31.1 Å². The Balaban J connectivity index is 2.26. The fourth-order valence-corrected chi connectivity index (χ4v) is 1.99. The average molecular weight is 276 g/mol. The second-order valence-electron chi connectivity index (χ2n) is 3.38. The normalized spacial score (nSPS) is 10.8. The van der Waals surface area contributed by atoms with Crippen molar-refractivity contribution >= 4 is 27.0 Å². The molecule has 0 amide bonds. The lowest BCUT2D eigenvalue weighted by atomic mass is 10.3. The Morgan fingerprint density at radius 3 is 3.06 bits per heavy atom. The maximum absolute atomic E-state index is 4.26. The van der Waals surface area contributed by atoms with Gasteiger partial charge in [-0.15, -0.1) is 0 Å². The Kier molecular flexibility index (Phi) is 2.18. The number of aromatic nitrogens is 4. The van der Waals surface area contributed by atoms with E-state index in [0.29, 0.717) is 0 Å². The molecule has 0 aliphatic heterocycles. The molecule has 0 radical (unpaired) electrons. The van der Waals surface area contributed by atoms with E-state index >= 15 is 0 Å². The van der Waals surface area contributed by atoms with E-state index in [1.807, 2.05) is 41.2 Å². The zero-order valence-corrected chi connectivity index (χ0v) is 9.85. The number of nitrogens with zero attached hydrogens (tertiary/aromatic N) is 3. The van der Waals surface area contributed by atoms with Crippen molar-refractivity contribution in [3.63, 3.8) is 0 Å². The highest BCUT2D eigenvalue weighted by atomic mass is 79.9. The molecule has 5 heteroatoms. The Bertz CT molecular complexity index is 647. The Hall–Kier alpha value is -1.75. The Morgan fingerprint density at radius 2 is 2.19 bits per heavy atom. The number of aromatic amines is 1. The molecular formula is C11H8BrN4+. The van der Waals surface area contributed by atoms with Gasteiger partial charge in [0.1, 0.15) is 11.6 Å². The first-order chi connectivity index (χ1) is 7.84. The average Bonchev–Trinajstić information content (AvgIpc) is 2.72. The summed E-state index contributed by atoms with van der Waals surface area (Å²) in [6.07, 6.45) is 5.66. The van der Waals surface area contributed by atoms with Crippen molar-refractivity contribution in [1.82, 2.24) is 15.2 Å². The van der Waals surface area contributed by atoms with Crippen molar-refractivity contribution in [2.75, 3.05) is 0 Å². The zero-order chi connectivity index (χ0) is 11.0. The molecule has 4 nitrogen and oxygen atoms in total. The lowest BCUT2D eigenvalue weighted by Crippen LogP contribution is -2.30. The molecule has 3 aromatic rings. The number of hydrogen-bond donors (Lipinski definition) is 1. The number of nitrogens with one attached hydrogen (secondary N) is 1. The predicted octanol–water partition coefficient (Wildman–Crippen LogP) is 2.00. The lowest BCUT2D eigenvalue weighted by Gasteiger charge is -1.93. The van der Waals surface area contributed by atoms with Crippen LogP contribution in [-0.4, -0.2) is 15.2 Å². The van der Waals surface area contributed by atoms with Gasteiger partial charge in [-0.1, -0.05) is 0 Å². The number of rotatable bonds is 1. The van der Waals surface area contributed by atoms with Gasteiger partial charge in [-0.05, 0) is 40.2 Å². The highest BCUT2D eigenvalue weighted by molar-refractivity contribution is 9.10. The molecule has 0 aromatic carbocycles. The minimum Gasteiger partial charge on any atom is -0.235 e. The van der Waals surface area contributed by atoms with Crippen LogP contribution in [0.3, 0.4) is 0 Å². The number of hydrogen-bond acceptors (Lipinski definition) is 2. The smallest absolute Gasteiger partial charge is 0.235 e. The predicted molar refractivity (Wildman–Crippen MR) is 63.1 cm³/mol. The first-order valence-corrected chi connectivity index (χ1v) is 5.60. The van der Waals surface area contributed by atoms with Gasteiger partial charge in [-0.2, -0.15) is 9.67 Å². The van der Waals surface area contributed by atoms with Crippen LogP contribution < -0.4 is 4.57 Å². The standard InChI is InChI=1S/C11H8BrN4/c12-8-3-2-6-16(7-8)11-9-4-1-5-13-10(9)14-15-11/h1-7H,(H,13,14,15)/q+1. The van der Waals surface area contributed by atoms with Crippen LogP contribution >= 0.6 is 15.9 Å². The van der Waals surface area contributed by atoms with Crippen LogP contribution in [0.25, 0.3) is 16.9 Å². The van der Waals surface area contributed by atoms with Gasteiger partial charge in [0.25, 0.3) is 0 Å². The van der Waals surface area contributed by atoms with Crippen LogP contribution in [0.2, 0.25) is 0 Å². The number of H-pyrrole nitrogens is 1. The summed E-state index contributed by atoms with van der Waals surface area (Å²) in [5, 5.41) is 8.18. The molecule has 0 aliphatic carbocycles. The fraction of sp³-hybridized carbons (Fsp3) is 0. The molecule has 3 heterocycles. The van der Waals surface area contributed by atoms with Gasteiger partial charge >= 0.3 is 5.82 Å². The molecule has 0 spiro atoms. The molecule has 0 saturated heterocycles. The van der Waals surface area contributed by atoms with Crippen molar-refractivity contribution in [2.45, 2.75) is 0 Å². The summed E-state index contributed by atoms with van der Waals surface area (Å²) in [5.41, 5.74) is 0.796. The summed E-state index contributed by atoms with van der Waals surface area (Å²) >= 11 is 3.44. The molecule has 3 rings (SSSR count). The first kappa shape index (κ1) is 9.47. The summed E-state index contributed by atoms with van der Waals surface area (Å²) in [6, 6.07) is 7.83. The summed E-state index contributed by atoms with van der Waals surface area (Å²) in [6.45, 7) is 0. The van der Waals surface area contributed by atoms with Crippen molar-refractivity contribution in [3.8, 4) is 5.82 Å². The minimum atomic E-state index is 0.796. The van der Waals surface area contributed by atoms with Crippen LogP contribution in [0.4, 0.5) is 0 Å². The van der Waals surface area contributed by atoms with Gasteiger partial charge in [0.15, 0.2) is 5.65 Å². The second-order valence-corrected chi connectivity index (χ2v) is 4.29. The maximum Gasteiger partial charge on any atom is 0.363 e. The van der Waals surface area contributed by atoms with Crippen LogP contribution in [-0.2, 0) is 0 Å². The topological polar surface area (TPSA) is 45.5 Å². The molecule has 3 aromatic heterocycles. The summed E-state index contributed by atoms with van der Waals surface area (Å²) < 4.78 is 2.96. The second kappa shape index (κ2) is 3.68. The van der Waals surface area contributed by atoms with Gasteiger partial charge in [-0.3, -0.25) is 0 Å². The van der Waals surface area contributed by atoms with Crippen LogP contribution in [0.1, 0.15) is 0 Å². The van der Waals surface area contributed by atoms with Crippen molar-refractivity contribution in [3.05, 3.63) is 47.3 Å². The molecular weight excluding hydrogens is 268 g/mol. The number of fused-ring (bicyclic) bond motifs is 1. The third-order valence-electron chi connectivity index (χ3n) is 2.33. The van der Waals surface area contributed by atoms with Crippen molar-refractivity contribution in [1.29, 1.82) is 0 Å².